The minimum Gasteiger partial charge on any atom is -0.496 e. The number of ether oxygens (including phenoxy) is 3. The zero-order valence-corrected chi connectivity index (χ0v) is 13.4. The Labute approximate surface area is 127 Å². The third-order valence-corrected chi connectivity index (χ3v) is 4.26. The topological polar surface area (TPSA) is 47.9 Å². The van der Waals surface area contributed by atoms with Crippen molar-refractivity contribution in [2.24, 2.45) is 0 Å². The second-order valence-corrected chi connectivity index (χ2v) is 5.71. The van der Waals surface area contributed by atoms with Gasteiger partial charge in [-0.05, 0) is 38.0 Å². The second kappa shape index (κ2) is 6.77. The molecule has 1 aromatic rings. The van der Waals surface area contributed by atoms with Crippen LogP contribution in [0, 0.1) is 13.8 Å². The molecule has 1 N–H and O–H groups in total. The first-order valence-corrected chi connectivity index (χ1v) is 7.59. The van der Waals surface area contributed by atoms with Gasteiger partial charge in [0.1, 0.15) is 17.5 Å². The van der Waals surface area contributed by atoms with Crippen molar-refractivity contribution in [2.45, 2.75) is 45.3 Å². The van der Waals surface area contributed by atoms with E-state index < -0.39 is 11.7 Å². The van der Waals surface area contributed by atoms with Crippen LogP contribution < -0.4 is 4.74 Å². The zero-order valence-electron chi connectivity index (χ0n) is 13.4. The number of aliphatic hydroxyl groups excluding tert-OH is 1. The largest absolute Gasteiger partial charge is 0.496 e. The third kappa shape index (κ3) is 3.23. The Morgan fingerprint density at radius 2 is 1.95 bits per heavy atom. The molecule has 1 aromatic carbocycles. The number of benzene rings is 1. The van der Waals surface area contributed by atoms with Gasteiger partial charge in [0, 0.05) is 38.2 Å². The quantitative estimate of drug-likeness (QED) is 0.907. The Bertz CT molecular complexity index is 472. The van der Waals surface area contributed by atoms with E-state index in [2.05, 4.69) is 6.07 Å². The summed E-state index contributed by atoms with van der Waals surface area (Å²) < 4.78 is 16.9. The van der Waals surface area contributed by atoms with Gasteiger partial charge < -0.3 is 19.3 Å². The van der Waals surface area contributed by atoms with Crippen molar-refractivity contribution in [2.75, 3.05) is 26.9 Å². The Morgan fingerprint density at radius 3 is 2.52 bits per heavy atom. The lowest BCUT2D eigenvalue weighted by Gasteiger charge is -2.41. The highest BCUT2D eigenvalue weighted by molar-refractivity contribution is 5.45. The van der Waals surface area contributed by atoms with E-state index in [1.807, 2.05) is 26.8 Å². The molecule has 0 spiro atoms. The van der Waals surface area contributed by atoms with E-state index in [-0.39, 0.29) is 0 Å². The molecular formula is C17H26O4. The number of rotatable bonds is 5. The van der Waals surface area contributed by atoms with Gasteiger partial charge in [-0.15, -0.1) is 0 Å². The van der Waals surface area contributed by atoms with Crippen LogP contribution in [-0.4, -0.2) is 37.6 Å². The van der Waals surface area contributed by atoms with Crippen molar-refractivity contribution in [3.05, 3.63) is 28.8 Å². The predicted octanol–water partition coefficient (Wildman–Crippen LogP) is 2.93. The molecule has 2 rings (SSSR count). The average molecular weight is 294 g/mol. The Morgan fingerprint density at radius 1 is 1.29 bits per heavy atom. The molecule has 0 amide bonds. The van der Waals surface area contributed by atoms with E-state index in [0.717, 1.165) is 22.4 Å². The summed E-state index contributed by atoms with van der Waals surface area (Å²) >= 11 is 0. The van der Waals surface area contributed by atoms with E-state index in [4.69, 9.17) is 14.2 Å². The van der Waals surface area contributed by atoms with Gasteiger partial charge in [-0.1, -0.05) is 6.07 Å². The monoisotopic (exact) mass is 294 g/mol. The molecule has 1 heterocycles. The van der Waals surface area contributed by atoms with E-state index >= 15 is 0 Å². The van der Waals surface area contributed by atoms with Gasteiger partial charge in [-0.3, -0.25) is 0 Å². The van der Waals surface area contributed by atoms with Gasteiger partial charge >= 0.3 is 0 Å². The fraction of sp³-hybridized carbons (Fsp3) is 0.647. The molecule has 4 nitrogen and oxygen atoms in total. The van der Waals surface area contributed by atoms with E-state index in [9.17, 15) is 5.11 Å². The first-order chi connectivity index (χ1) is 10.0. The number of aryl methyl sites for hydroxylation is 2. The van der Waals surface area contributed by atoms with Gasteiger partial charge in [0.2, 0.25) is 0 Å². The van der Waals surface area contributed by atoms with E-state index in [1.54, 1.807) is 7.11 Å². The fourth-order valence-corrected chi connectivity index (χ4v) is 3.22. The number of hydrogen-bond donors (Lipinski definition) is 1. The van der Waals surface area contributed by atoms with Crippen LogP contribution in [0.15, 0.2) is 12.1 Å². The average Bonchev–Trinajstić information content (AvgIpc) is 2.47. The molecule has 0 aliphatic carbocycles. The standard InChI is InChI=1S/C17H26O4/c1-5-21-17(6-8-20-9-7-17)16(18)15-13(3)10-12(2)11-14(15)19-4/h10-11,16,18H,5-9H2,1-4H3. The Kier molecular flexibility index (Phi) is 5.25. The van der Waals surface area contributed by atoms with Gasteiger partial charge in [0.05, 0.1) is 7.11 Å². The van der Waals surface area contributed by atoms with Crippen molar-refractivity contribution >= 4 is 0 Å². The molecule has 1 unspecified atom stereocenters. The lowest BCUT2D eigenvalue weighted by molar-refractivity contribution is -0.168. The predicted molar refractivity (Wildman–Crippen MR) is 81.8 cm³/mol. The van der Waals surface area contributed by atoms with E-state index in [0.29, 0.717) is 32.7 Å². The molecular weight excluding hydrogens is 268 g/mol. The van der Waals surface area contributed by atoms with Gasteiger partial charge in [-0.25, -0.2) is 0 Å². The summed E-state index contributed by atoms with van der Waals surface area (Å²) in [5, 5.41) is 11.1. The maximum absolute atomic E-state index is 11.1. The minimum absolute atomic E-state index is 0.574. The van der Waals surface area contributed by atoms with Crippen LogP contribution in [0.25, 0.3) is 0 Å². The summed E-state index contributed by atoms with van der Waals surface area (Å²) in [5.41, 5.74) is 2.40. The van der Waals surface area contributed by atoms with Gasteiger partial charge in [-0.2, -0.15) is 0 Å². The summed E-state index contributed by atoms with van der Waals surface area (Å²) in [4.78, 5) is 0. The lowest BCUT2D eigenvalue weighted by Crippen LogP contribution is -2.45. The van der Waals surface area contributed by atoms with Crippen molar-refractivity contribution < 1.29 is 19.3 Å². The molecule has 1 atom stereocenters. The van der Waals surface area contributed by atoms with Crippen LogP contribution in [0.5, 0.6) is 5.75 Å². The SMILES string of the molecule is CCOC1(C(O)c2c(C)cc(C)cc2OC)CCOCC1. The molecule has 0 radical (unpaired) electrons. The molecule has 1 saturated heterocycles. The molecule has 1 aliphatic heterocycles. The van der Waals surface area contributed by atoms with Crippen LogP contribution in [0.2, 0.25) is 0 Å². The molecule has 0 aromatic heterocycles. The van der Waals surface area contributed by atoms with Crippen LogP contribution in [-0.2, 0) is 9.47 Å². The zero-order chi connectivity index (χ0) is 15.5. The molecule has 0 saturated carbocycles. The highest BCUT2D eigenvalue weighted by Gasteiger charge is 2.43. The van der Waals surface area contributed by atoms with Crippen molar-refractivity contribution in [1.29, 1.82) is 0 Å². The normalized spacial score (nSPS) is 19.3. The van der Waals surface area contributed by atoms with Crippen molar-refractivity contribution in [3.63, 3.8) is 0 Å². The molecule has 1 aliphatic rings. The van der Waals surface area contributed by atoms with E-state index in [1.165, 1.54) is 0 Å². The second-order valence-electron chi connectivity index (χ2n) is 5.71. The van der Waals surface area contributed by atoms with Crippen LogP contribution in [0.1, 0.15) is 42.6 Å². The molecule has 21 heavy (non-hydrogen) atoms. The fourth-order valence-electron chi connectivity index (χ4n) is 3.22. The Balaban J connectivity index is 2.43. The minimum atomic E-state index is -0.711. The van der Waals surface area contributed by atoms with Crippen molar-refractivity contribution in [3.8, 4) is 5.75 Å². The summed E-state index contributed by atoms with van der Waals surface area (Å²) in [6, 6.07) is 4.03. The van der Waals surface area contributed by atoms with Gasteiger partial charge in [0.15, 0.2) is 0 Å². The highest BCUT2D eigenvalue weighted by atomic mass is 16.5. The summed E-state index contributed by atoms with van der Waals surface area (Å²) in [6.45, 7) is 7.80. The smallest absolute Gasteiger partial charge is 0.125 e. The maximum Gasteiger partial charge on any atom is 0.125 e. The van der Waals surface area contributed by atoms with Gasteiger partial charge in [0.25, 0.3) is 0 Å². The van der Waals surface area contributed by atoms with Crippen LogP contribution in [0.4, 0.5) is 0 Å². The summed E-state index contributed by atoms with van der Waals surface area (Å²) in [5.74, 6) is 0.727. The molecule has 118 valence electrons. The Hall–Kier alpha value is -1.10. The first kappa shape index (κ1) is 16.3. The van der Waals surface area contributed by atoms with Crippen LogP contribution in [0.3, 0.4) is 0 Å². The van der Waals surface area contributed by atoms with Crippen LogP contribution >= 0.6 is 0 Å². The molecule has 4 heteroatoms. The number of aliphatic hydroxyl groups is 1. The molecule has 0 bridgehead atoms. The van der Waals surface area contributed by atoms with Crippen molar-refractivity contribution in [1.82, 2.24) is 0 Å². The highest BCUT2D eigenvalue weighted by Crippen LogP contribution is 2.42. The third-order valence-electron chi connectivity index (χ3n) is 4.26. The number of hydrogen-bond acceptors (Lipinski definition) is 4. The summed E-state index contributed by atoms with van der Waals surface area (Å²) in [6.07, 6.45) is 0.675. The summed E-state index contributed by atoms with van der Waals surface area (Å²) in [7, 11) is 1.64. The first-order valence-electron chi connectivity index (χ1n) is 7.59. The number of methoxy groups -OCH3 is 1. The lowest BCUT2D eigenvalue weighted by atomic mass is 9.82. The maximum atomic E-state index is 11.1. The molecule has 1 fully saturated rings.